The van der Waals surface area contributed by atoms with Crippen LogP contribution in [0.2, 0.25) is 0 Å². The molecular weight excluding hydrogens is 981 g/mol. The van der Waals surface area contributed by atoms with Crippen LogP contribution < -0.4 is 37.7 Å². The Morgan fingerprint density at radius 2 is 1.39 bits per heavy atom. The molecular formula is C50H60N18O8. The molecule has 3 atom stereocenters. The smallest absolute Gasteiger partial charge is 0.336 e. The minimum absolute atomic E-state index is 0.0197. The molecule has 2 saturated heterocycles. The molecule has 2 aromatic carbocycles. The Morgan fingerprint density at radius 1 is 0.763 bits per heavy atom. The number of fused-ring (bicyclic) bond motifs is 2. The van der Waals surface area contributed by atoms with Gasteiger partial charge in [0.2, 0.25) is 29.7 Å². The molecule has 26 heteroatoms. The summed E-state index contributed by atoms with van der Waals surface area (Å²) in [4.78, 5) is 79.3. The molecule has 4 aliphatic rings. The Hall–Kier alpha value is -8.78. The zero-order chi connectivity index (χ0) is 53.6. The molecule has 6 heterocycles. The van der Waals surface area contributed by atoms with Crippen LogP contribution in [0, 0.1) is 0 Å². The fourth-order valence-corrected chi connectivity index (χ4v) is 9.45. The number of carbonyl (C=O) groups is 3. The number of amides is 2. The number of hydrogen-bond acceptors (Lipinski definition) is 19. The minimum Gasteiger partial charge on any atom is -0.508 e. The molecule has 0 radical (unpaired) electrons. The number of nitrogens with two attached hydrogens (primary N) is 3. The van der Waals surface area contributed by atoms with Crippen LogP contribution in [0.5, 0.6) is 5.75 Å². The van der Waals surface area contributed by atoms with Gasteiger partial charge in [-0.15, -0.1) is 10.2 Å². The highest BCUT2D eigenvalue weighted by Gasteiger charge is 2.35. The van der Waals surface area contributed by atoms with Crippen molar-refractivity contribution in [3.8, 4) is 28.2 Å². The molecule has 0 unspecified atom stereocenters. The van der Waals surface area contributed by atoms with Gasteiger partial charge in [0.1, 0.15) is 23.1 Å². The van der Waals surface area contributed by atoms with E-state index in [4.69, 9.17) is 36.6 Å². The van der Waals surface area contributed by atoms with E-state index in [1.54, 1.807) is 65.0 Å². The first kappa shape index (κ1) is 52.1. The number of aliphatic hydroxyl groups is 1. The maximum atomic E-state index is 14.1. The Kier molecular flexibility index (Phi) is 15.6. The van der Waals surface area contributed by atoms with Crippen molar-refractivity contribution in [3.63, 3.8) is 0 Å². The fourth-order valence-electron chi connectivity index (χ4n) is 9.45. The summed E-state index contributed by atoms with van der Waals surface area (Å²) in [5, 5.41) is 52.5. The normalized spacial score (nSPS) is 15.2. The summed E-state index contributed by atoms with van der Waals surface area (Å²) in [6.07, 6.45) is 5.93. The average molecular weight is 1040 g/mol. The van der Waals surface area contributed by atoms with Crippen molar-refractivity contribution in [2.45, 2.75) is 64.1 Å². The second kappa shape index (κ2) is 22.8. The number of aromatic hydroxyl groups is 1. The molecule has 3 aliphatic heterocycles. The molecule has 5 aromatic rings. The van der Waals surface area contributed by atoms with E-state index < -0.39 is 24.2 Å². The third kappa shape index (κ3) is 11.6. The summed E-state index contributed by atoms with van der Waals surface area (Å²) in [5.41, 5.74) is 19.4. The van der Waals surface area contributed by atoms with Crippen molar-refractivity contribution < 1.29 is 34.1 Å². The number of carboxylic acid groups (broad SMARTS) is 1. The summed E-state index contributed by atoms with van der Waals surface area (Å²) in [5.74, 6) is -0.823. The van der Waals surface area contributed by atoms with Gasteiger partial charge < -0.3 is 61.9 Å². The SMILES string of the molecule is C[C@@H](O)[C@@H](C(=O)N1CCN(c2nc(Nc3ccc(-c4c5ccc(=O)cc-5oc5cc(O)ccc45)c(C(=O)O)c3)nc(N3CCN(C(=O)[C@H](C)n4cc(CCCN=C(N)N)nn4)CC3)n2)CC1)n1cc(CCCCN)nn1. The van der Waals surface area contributed by atoms with Crippen molar-refractivity contribution in [1.82, 2.24) is 54.7 Å². The first-order valence-electron chi connectivity index (χ1n) is 25.1. The number of aryl methyl sites for hydroxylation is 2. The molecule has 3 aromatic heterocycles. The zero-order valence-electron chi connectivity index (χ0n) is 42.1. The number of phenols is 1. The number of benzene rings is 3. The van der Waals surface area contributed by atoms with E-state index in [0.29, 0.717) is 123 Å². The third-order valence-electron chi connectivity index (χ3n) is 13.4. The largest absolute Gasteiger partial charge is 0.508 e. The molecule has 398 valence electrons. The molecule has 0 spiro atoms. The van der Waals surface area contributed by atoms with Gasteiger partial charge in [0, 0.05) is 106 Å². The number of carboxylic acids is 1. The maximum absolute atomic E-state index is 14.1. The first-order chi connectivity index (χ1) is 36.6. The number of rotatable bonds is 19. The summed E-state index contributed by atoms with van der Waals surface area (Å²) in [7, 11) is 0. The van der Waals surface area contributed by atoms with Gasteiger partial charge in [-0.1, -0.05) is 16.5 Å². The molecule has 9 rings (SSSR count). The number of aliphatic hydroxyl groups excluding tert-OH is 1. The number of aliphatic imine (C=N–C) groups is 1. The highest BCUT2D eigenvalue weighted by atomic mass is 16.4. The second-order valence-electron chi connectivity index (χ2n) is 18.8. The summed E-state index contributed by atoms with van der Waals surface area (Å²) in [6.45, 7) is 6.90. The number of phenolic OH excluding ortho intramolecular Hbond substituents is 1. The lowest BCUT2D eigenvalue weighted by molar-refractivity contribution is -0.138. The van der Waals surface area contributed by atoms with E-state index in [1.165, 1.54) is 35.0 Å². The average Bonchev–Trinajstić information content (AvgIpc) is 4.11. The van der Waals surface area contributed by atoms with Gasteiger partial charge in [0.25, 0.3) is 0 Å². The Bertz CT molecular complexity index is 3280. The minimum atomic E-state index is -1.24. The second-order valence-corrected chi connectivity index (χ2v) is 18.8. The number of nitrogens with zero attached hydrogens (tertiary/aromatic N) is 14. The molecule has 76 heavy (non-hydrogen) atoms. The number of piperazine rings is 2. The van der Waals surface area contributed by atoms with Gasteiger partial charge in [-0.3, -0.25) is 19.4 Å². The molecule has 2 fully saturated rings. The van der Waals surface area contributed by atoms with E-state index in [9.17, 15) is 34.5 Å². The molecule has 0 saturated carbocycles. The number of nitrogens with one attached hydrogen (secondary N) is 1. The number of aromatic nitrogens is 9. The van der Waals surface area contributed by atoms with Crippen LogP contribution in [-0.4, -0.2) is 165 Å². The molecule has 26 nitrogen and oxygen atoms in total. The highest BCUT2D eigenvalue weighted by Crippen LogP contribution is 2.42. The van der Waals surface area contributed by atoms with Crippen molar-refractivity contribution in [3.05, 3.63) is 94.2 Å². The molecule has 1 aliphatic carbocycles. The topological polar surface area (TPSA) is 358 Å². The molecule has 2 amide bonds. The number of hydrogen-bond donors (Lipinski definition) is 7. The lowest BCUT2D eigenvalue weighted by Crippen LogP contribution is -2.52. The monoisotopic (exact) mass is 1040 g/mol. The van der Waals surface area contributed by atoms with Crippen LogP contribution in [0.4, 0.5) is 23.5 Å². The Labute approximate surface area is 435 Å². The number of anilines is 4. The molecule has 0 bridgehead atoms. The zero-order valence-corrected chi connectivity index (χ0v) is 42.1. The maximum Gasteiger partial charge on any atom is 0.336 e. The number of unbranched alkanes of at least 4 members (excludes halogenated alkanes) is 1. The van der Waals surface area contributed by atoms with Gasteiger partial charge in [0.05, 0.1) is 23.1 Å². The number of guanidine groups is 1. The standard InChI is InChI=1S/C50H60N18O8/c1-29(67-27-33(59-61-67)7-5-15-54-47(52)53)44(72)63-16-20-65(21-17-63)49-56-48(57-50(58-49)66-22-18-64(19-23-66)45(73)43(30(2)69)68-28-32(60-62-68)6-3-4-14-51)55-31-8-11-36(39(24-31)46(74)75)42-37-12-9-34(70)25-40(37)76-41-26-35(71)10-13-38(41)42/h8-13,24-30,43,69-70H,3-7,14-23,51H2,1-2H3,(H,74,75)(H4,52,53,54)(H,55,56,57,58)/t29-,30+,43-/m0/s1. The third-order valence-corrected chi connectivity index (χ3v) is 13.4. The lowest BCUT2D eigenvalue weighted by Gasteiger charge is -2.38. The van der Waals surface area contributed by atoms with Gasteiger partial charge in [-0.05, 0) is 94.5 Å². The number of carbonyl (C=O) groups excluding carboxylic acids is 2. The van der Waals surface area contributed by atoms with Gasteiger partial charge in [-0.25, -0.2) is 14.2 Å². The van der Waals surface area contributed by atoms with E-state index in [2.05, 4.69) is 30.9 Å². The van der Waals surface area contributed by atoms with E-state index in [0.717, 1.165) is 12.8 Å². The van der Waals surface area contributed by atoms with Crippen molar-refractivity contribution in [2.75, 3.05) is 80.6 Å². The quantitative estimate of drug-likeness (QED) is 0.0262. The van der Waals surface area contributed by atoms with Crippen LogP contribution >= 0.6 is 0 Å². The van der Waals surface area contributed by atoms with Crippen LogP contribution in [0.15, 0.2) is 81.2 Å². The van der Waals surface area contributed by atoms with E-state index in [1.807, 2.05) is 9.80 Å². The molecule has 10 N–H and O–H groups in total. The van der Waals surface area contributed by atoms with Crippen LogP contribution in [0.25, 0.3) is 33.4 Å². The van der Waals surface area contributed by atoms with Crippen LogP contribution in [-0.2, 0) is 22.4 Å². The van der Waals surface area contributed by atoms with Crippen LogP contribution in [0.1, 0.15) is 66.9 Å². The van der Waals surface area contributed by atoms with E-state index in [-0.39, 0.29) is 64.9 Å². The van der Waals surface area contributed by atoms with E-state index >= 15 is 0 Å². The van der Waals surface area contributed by atoms with Gasteiger partial charge >= 0.3 is 5.97 Å². The van der Waals surface area contributed by atoms with Crippen molar-refractivity contribution in [1.29, 1.82) is 0 Å². The Morgan fingerprint density at radius 3 is 2.04 bits per heavy atom. The van der Waals surface area contributed by atoms with Crippen molar-refractivity contribution in [2.24, 2.45) is 22.2 Å². The Balaban J connectivity index is 0.970. The lowest BCUT2D eigenvalue weighted by atomic mass is 9.90. The summed E-state index contributed by atoms with van der Waals surface area (Å²) >= 11 is 0. The predicted octanol–water partition coefficient (Wildman–Crippen LogP) is 1.75. The van der Waals surface area contributed by atoms with Crippen LogP contribution in [0.3, 0.4) is 0 Å². The summed E-state index contributed by atoms with van der Waals surface area (Å²) < 4.78 is 8.98. The first-order valence-corrected chi connectivity index (χ1v) is 25.1. The summed E-state index contributed by atoms with van der Waals surface area (Å²) in [6, 6.07) is 11.9. The van der Waals surface area contributed by atoms with Gasteiger partial charge in [-0.2, -0.15) is 15.0 Å². The highest BCUT2D eigenvalue weighted by molar-refractivity contribution is 6.08. The van der Waals surface area contributed by atoms with Crippen molar-refractivity contribution >= 4 is 58.2 Å². The van der Waals surface area contributed by atoms with Gasteiger partial charge in [0.15, 0.2) is 17.4 Å². The fraction of sp³-hybridized carbons (Fsp3) is 0.400. The predicted molar refractivity (Wildman–Crippen MR) is 280 cm³/mol. The number of aromatic carboxylic acids is 1.